The van der Waals surface area contributed by atoms with E-state index >= 15 is 0 Å². The van der Waals surface area contributed by atoms with Crippen LogP contribution in [-0.4, -0.2) is 36.7 Å². The Balaban J connectivity index is 1.47. The van der Waals surface area contributed by atoms with Crippen molar-refractivity contribution in [3.63, 3.8) is 0 Å². The Kier molecular flexibility index (Phi) is 7.02. The molecule has 35 heavy (non-hydrogen) atoms. The number of benzene rings is 2. The molecule has 0 bridgehead atoms. The largest absolute Gasteiger partial charge is 0.283 e. The zero-order chi connectivity index (χ0) is 24.4. The van der Waals surface area contributed by atoms with Crippen LogP contribution < -0.4 is 4.90 Å². The smallest absolute Gasteiger partial charge is 0.252 e. The van der Waals surface area contributed by atoms with Crippen LogP contribution in [0.15, 0.2) is 70.3 Å². The van der Waals surface area contributed by atoms with Gasteiger partial charge in [0.2, 0.25) is 5.91 Å². The average Bonchev–Trinajstić information content (AvgIpc) is 3.58. The molecular formula is C26H27N3O3S3. The van der Waals surface area contributed by atoms with Crippen LogP contribution >= 0.6 is 22.7 Å². The van der Waals surface area contributed by atoms with Crippen molar-refractivity contribution in [2.45, 2.75) is 36.9 Å². The molecule has 1 aliphatic rings. The first-order chi connectivity index (χ1) is 17.0. The number of sulfonamides is 1. The van der Waals surface area contributed by atoms with Crippen molar-refractivity contribution in [1.82, 2.24) is 9.29 Å². The van der Waals surface area contributed by atoms with Crippen LogP contribution in [0.4, 0.5) is 5.13 Å². The molecule has 0 aliphatic carbocycles. The fourth-order valence-corrected chi connectivity index (χ4v) is 8.21. The molecule has 2 aromatic carbocycles. The predicted octanol–water partition coefficient (Wildman–Crippen LogP) is 5.55. The first-order valence-electron chi connectivity index (χ1n) is 11.7. The van der Waals surface area contributed by atoms with Gasteiger partial charge in [0, 0.05) is 13.1 Å². The van der Waals surface area contributed by atoms with Crippen molar-refractivity contribution in [1.29, 1.82) is 0 Å². The van der Waals surface area contributed by atoms with Gasteiger partial charge in [-0.15, -0.1) is 11.3 Å². The number of nitrogens with zero attached hydrogens (tertiary/aromatic N) is 3. The topological polar surface area (TPSA) is 70.6 Å². The summed E-state index contributed by atoms with van der Waals surface area (Å²) in [5, 5.41) is 2.42. The molecule has 0 spiro atoms. The number of rotatable bonds is 7. The molecule has 1 saturated heterocycles. The van der Waals surface area contributed by atoms with Crippen molar-refractivity contribution in [3.05, 3.63) is 77.2 Å². The summed E-state index contributed by atoms with van der Waals surface area (Å²) in [6, 6.07) is 19.4. The highest BCUT2D eigenvalue weighted by Gasteiger charge is 2.36. The van der Waals surface area contributed by atoms with Gasteiger partial charge >= 0.3 is 0 Å². The Morgan fingerprint density at radius 2 is 1.94 bits per heavy atom. The fourth-order valence-electron chi connectivity index (χ4n) is 4.52. The second-order valence-corrected chi connectivity index (χ2v) is 12.8. The summed E-state index contributed by atoms with van der Waals surface area (Å²) >= 11 is 2.73. The molecule has 0 radical (unpaired) electrons. The Hall–Kier alpha value is -2.59. The molecule has 1 amide bonds. The van der Waals surface area contributed by atoms with E-state index in [0.29, 0.717) is 35.3 Å². The van der Waals surface area contributed by atoms with E-state index in [9.17, 15) is 13.2 Å². The maximum absolute atomic E-state index is 14.0. The van der Waals surface area contributed by atoms with Gasteiger partial charge in [0.05, 0.1) is 22.7 Å². The minimum absolute atomic E-state index is 0.0722. The highest BCUT2D eigenvalue weighted by molar-refractivity contribution is 7.91. The standard InChI is InChI=1S/C26H27N3O3S3/c1-2-20-11-6-13-22-24(20)27-26(34-22)29(17-19-9-4-3-5-10-19)25(30)21-12-7-15-28(18-21)35(31,32)23-14-8-16-33-23/h3-6,8-11,13-14,16,21H,2,7,12,15,17-18H2,1H3. The van der Waals surface area contributed by atoms with Crippen molar-refractivity contribution >= 4 is 54.0 Å². The van der Waals surface area contributed by atoms with Gasteiger partial charge < -0.3 is 0 Å². The molecule has 0 saturated carbocycles. The van der Waals surface area contributed by atoms with Crippen LogP contribution in [0, 0.1) is 5.92 Å². The third-order valence-electron chi connectivity index (χ3n) is 6.38. The normalized spacial score (nSPS) is 17.0. The number of aromatic nitrogens is 1. The Bertz CT molecular complexity index is 1420. The maximum Gasteiger partial charge on any atom is 0.252 e. The number of aryl methyl sites for hydroxylation is 1. The van der Waals surface area contributed by atoms with Gasteiger partial charge in [0.15, 0.2) is 5.13 Å². The molecule has 1 aliphatic heterocycles. The van der Waals surface area contributed by atoms with Gasteiger partial charge in [-0.2, -0.15) is 4.31 Å². The van der Waals surface area contributed by atoms with Crippen LogP contribution in [0.25, 0.3) is 10.2 Å². The number of thiophene rings is 1. The lowest BCUT2D eigenvalue weighted by Crippen LogP contribution is -2.46. The van der Waals surface area contributed by atoms with E-state index in [1.165, 1.54) is 27.0 Å². The predicted molar refractivity (Wildman–Crippen MR) is 142 cm³/mol. The van der Waals surface area contributed by atoms with Crippen molar-refractivity contribution in [2.75, 3.05) is 18.0 Å². The van der Waals surface area contributed by atoms with Crippen LogP contribution in [0.5, 0.6) is 0 Å². The van der Waals surface area contributed by atoms with Gasteiger partial charge in [0.1, 0.15) is 4.21 Å². The first-order valence-corrected chi connectivity index (χ1v) is 14.9. The SMILES string of the molecule is CCc1cccc2sc(N(Cc3ccccc3)C(=O)C3CCCN(S(=O)(=O)c4cccs4)C3)nc12. The summed E-state index contributed by atoms with van der Waals surface area (Å²) in [5.41, 5.74) is 3.10. The summed E-state index contributed by atoms with van der Waals surface area (Å²) in [7, 11) is -3.60. The molecule has 3 heterocycles. The molecule has 1 atom stereocenters. The number of hydrogen-bond donors (Lipinski definition) is 0. The number of amides is 1. The number of carbonyl (C=O) groups excluding carboxylic acids is 1. The molecule has 0 N–H and O–H groups in total. The Labute approximate surface area is 213 Å². The Morgan fingerprint density at radius 1 is 1.11 bits per heavy atom. The van der Waals surface area contributed by atoms with Crippen LogP contribution in [0.2, 0.25) is 0 Å². The number of carbonyl (C=O) groups is 1. The summed E-state index contributed by atoms with van der Waals surface area (Å²) in [5.74, 6) is -0.489. The molecule has 1 unspecified atom stereocenters. The average molecular weight is 526 g/mol. The number of hydrogen-bond acceptors (Lipinski definition) is 6. The molecule has 6 nitrogen and oxygen atoms in total. The highest BCUT2D eigenvalue weighted by atomic mass is 32.2. The lowest BCUT2D eigenvalue weighted by Gasteiger charge is -2.33. The van der Waals surface area contributed by atoms with Crippen molar-refractivity contribution in [2.24, 2.45) is 5.92 Å². The minimum Gasteiger partial charge on any atom is -0.283 e. The third-order valence-corrected chi connectivity index (χ3v) is 10.7. The summed E-state index contributed by atoms with van der Waals surface area (Å²) in [4.78, 5) is 20.6. The number of thiazole rings is 1. The van der Waals surface area contributed by atoms with Gasteiger partial charge in [0.25, 0.3) is 10.0 Å². The van der Waals surface area contributed by atoms with Gasteiger partial charge in [-0.3, -0.25) is 9.69 Å². The molecule has 4 aromatic rings. The number of fused-ring (bicyclic) bond motifs is 1. The van der Waals surface area contributed by atoms with E-state index < -0.39 is 15.9 Å². The Morgan fingerprint density at radius 3 is 2.69 bits per heavy atom. The van der Waals surface area contributed by atoms with Crippen LogP contribution in [0.3, 0.4) is 0 Å². The van der Waals surface area contributed by atoms with Crippen molar-refractivity contribution in [3.8, 4) is 0 Å². The fraction of sp³-hybridized carbons (Fsp3) is 0.308. The second-order valence-electron chi connectivity index (χ2n) is 8.66. The molecule has 182 valence electrons. The second kappa shape index (κ2) is 10.2. The highest BCUT2D eigenvalue weighted by Crippen LogP contribution is 2.34. The van der Waals surface area contributed by atoms with E-state index in [0.717, 1.165) is 27.8 Å². The lowest BCUT2D eigenvalue weighted by atomic mass is 9.98. The van der Waals surface area contributed by atoms with E-state index in [1.807, 2.05) is 42.5 Å². The summed E-state index contributed by atoms with van der Waals surface area (Å²) in [6.45, 7) is 3.12. The first kappa shape index (κ1) is 24.1. The summed E-state index contributed by atoms with van der Waals surface area (Å²) < 4.78 is 29.1. The summed E-state index contributed by atoms with van der Waals surface area (Å²) in [6.07, 6.45) is 2.18. The maximum atomic E-state index is 14.0. The number of para-hydroxylation sites is 1. The number of anilines is 1. The number of piperidine rings is 1. The van der Waals surface area contributed by atoms with E-state index in [-0.39, 0.29) is 12.5 Å². The van der Waals surface area contributed by atoms with Crippen molar-refractivity contribution < 1.29 is 13.2 Å². The van der Waals surface area contributed by atoms with Gasteiger partial charge in [-0.25, -0.2) is 13.4 Å². The van der Waals surface area contributed by atoms with E-state index in [4.69, 9.17) is 4.98 Å². The van der Waals surface area contributed by atoms with Crippen LogP contribution in [-0.2, 0) is 27.8 Å². The van der Waals surface area contributed by atoms with Gasteiger partial charge in [-0.1, -0.05) is 66.8 Å². The van der Waals surface area contributed by atoms with E-state index in [1.54, 1.807) is 22.4 Å². The lowest BCUT2D eigenvalue weighted by molar-refractivity contribution is -0.123. The molecule has 1 fully saturated rings. The third kappa shape index (κ3) is 4.91. The van der Waals surface area contributed by atoms with Crippen LogP contribution in [0.1, 0.15) is 30.9 Å². The van der Waals surface area contributed by atoms with E-state index in [2.05, 4.69) is 13.0 Å². The molecule has 2 aromatic heterocycles. The zero-order valence-electron chi connectivity index (χ0n) is 19.5. The molecule has 9 heteroatoms. The molecule has 5 rings (SSSR count). The zero-order valence-corrected chi connectivity index (χ0v) is 21.9. The minimum atomic E-state index is -3.60. The molecular weight excluding hydrogens is 499 g/mol. The van der Waals surface area contributed by atoms with Gasteiger partial charge in [-0.05, 0) is 47.9 Å². The monoisotopic (exact) mass is 525 g/mol. The quantitative estimate of drug-likeness (QED) is 0.317.